The molecule has 142 valence electrons. The molecule has 6 heteroatoms. The number of hydrogen-bond donors (Lipinski definition) is 1. The fraction of sp³-hybridized carbons (Fsp3) is 0.136. The molecule has 28 heavy (non-hydrogen) atoms. The van der Waals surface area contributed by atoms with Gasteiger partial charge in [-0.05, 0) is 66.6 Å². The number of sulfone groups is 1. The van der Waals surface area contributed by atoms with Gasteiger partial charge in [0.1, 0.15) is 0 Å². The predicted molar refractivity (Wildman–Crippen MR) is 111 cm³/mol. The molecule has 0 saturated carbocycles. The number of hydrogen-bond acceptors (Lipinski definition) is 4. The molecule has 0 aromatic heterocycles. The monoisotopic (exact) mass is 392 g/mol. The lowest BCUT2D eigenvalue weighted by Gasteiger charge is -2.20. The van der Waals surface area contributed by atoms with E-state index in [1.807, 2.05) is 30.3 Å². The molecule has 5 nitrogen and oxygen atoms in total. The van der Waals surface area contributed by atoms with Crippen LogP contribution in [-0.4, -0.2) is 27.1 Å². The number of anilines is 3. The highest BCUT2D eigenvalue weighted by molar-refractivity contribution is 7.90. The van der Waals surface area contributed by atoms with Gasteiger partial charge in [-0.15, -0.1) is 0 Å². The summed E-state index contributed by atoms with van der Waals surface area (Å²) in [5.74, 6) is -0.278. The van der Waals surface area contributed by atoms with Crippen LogP contribution in [0.15, 0.2) is 77.7 Å². The Kier molecular flexibility index (Phi) is 4.65. The SMILES string of the molecule is CS(=O)(=O)c1ccc(C(=O)Nc2ccc(N3CCc4ccccc43)cc2)cc1. The molecule has 0 spiro atoms. The molecule has 1 aliphatic heterocycles. The Balaban J connectivity index is 1.47. The minimum Gasteiger partial charge on any atom is -0.341 e. The first-order valence-electron chi connectivity index (χ1n) is 8.99. The summed E-state index contributed by atoms with van der Waals surface area (Å²) in [6.07, 6.45) is 2.17. The molecule has 3 aromatic carbocycles. The molecule has 0 fully saturated rings. The number of para-hydroxylation sites is 1. The summed E-state index contributed by atoms with van der Waals surface area (Å²) in [6.45, 7) is 0.942. The minimum absolute atomic E-state index is 0.194. The summed E-state index contributed by atoms with van der Waals surface area (Å²) in [5, 5.41) is 2.85. The summed E-state index contributed by atoms with van der Waals surface area (Å²) in [7, 11) is -3.27. The molecule has 0 saturated heterocycles. The van der Waals surface area contributed by atoms with Gasteiger partial charge < -0.3 is 10.2 Å². The molecule has 0 unspecified atom stereocenters. The number of carbonyl (C=O) groups is 1. The van der Waals surface area contributed by atoms with E-state index in [1.54, 1.807) is 0 Å². The van der Waals surface area contributed by atoms with E-state index >= 15 is 0 Å². The van der Waals surface area contributed by atoms with Gasteiger partial charge in [0.05, 0.1) is 4.90 Å². The summed E-state index contributed by atoms with van der Waals surface area (Å²) in [6, 6.07) is 22.0. The van der Waals surface area contributed by atoms with E-state index in [-0.39, 0.29) is 10.8 Å². The Labute approximate surface area is 164 Å². The lowest BCUT2D eigenvalue weighted by molar-refractivity contribution is 0.102. The average Bonchev–Trinajstić information content (AvgIpc) is 3.12. The normalized spacial score (nSPS) is 13.2. The quantitative estimate of drug-likeness (QED) is 0.728. The second kappa shape index (κ2) is 7.13. The number of nitrogens with zero attached hydrogens (tertiary/aromatic N) is 1. The molecule has 1 heterocycles. The van der Waals surface area contributed by atoms with Gasteiger partial charge in [0.15, 0.2) is 9.84 Å². The Morgan fingerprint density at radius 1 is 0.929 bits per heavy atom. The van der Waals surface area contributed by atoms with Crippen LogP contribution in [0.5, 0.6) is 0 Å². The first-order chi connectivity index (χ1) is 13.4. The van der Waals surface area contributed by atoms with E-state index in [4.69, 9.17) is 0 Å². The number of rotatable bonds is 4. The van der Waals surface area contributed by atoms with E-state index in [0.29, 0.717) is 11.3 Å². The van der Waals surface area contributed by atoms with Crippen molar-refractivity contribution in [3.63, 3.8) is 0 Å². The van der Waals surface area contributed by atoms with Gasteiger partial charge in [0.25, 0.3) is 5.91 Å². The van der Waals surface area contributed by atoms with Crippen LogP contribution in [0, 0.1) is 0 Å². The second-order valence-corrected chi connectivity index (χ2v) is 8.84. The van der Waals surface area contributed by atoms with Crippen molar-refractivity contribution in [2.75, 3.05) is 23.0 Å². The zero-order chi connectivity index (χ0) is 19.7. The number of fused-ring (bicyclic) bond motifs is 1. The molecule has 0 radical (unpaired) electrons. The second-order valence-electron chi connectivity index (χ2n) is 6.83. The summed E-state index contributed by atoms with van der Waals surface area (Å²) < 4.78 is 23.0. The first-order valence-corrected chi connectivity index (χ1v) is 10.9. The summed E-state index contributed by atoms with van der Waals surface area (Å²) in [4.78, 5) is 14.9. The largest absolute Gasteiger partial charge is 0.341 e. The molecule has 1 aliphatic rings. The fourth-order valence-electron chi connectivity index (χ4n) is 3.39. The Morgan fingerprint density at radius 2 is 1.61 bits per heavy atom. The highest BCUT2D eigenvalue weighted by Crippen LogP contribution is 2.34. The van der Waals surface area contributed by atoms with Gasteiger partial charge in [-0.25, -0.2) is 8.42 Å². The van der Waals surface area contributed by atoms with Crippen molar-refractivity contribution in [2.45, 2.75) is 11.3 Å². The Hall–Kier alpha value is -3.12. The van der Waals surface area contributed by atoms with E-state index in [0.717, 1.165) is 24.9 Å². The fourth-order valence-corrected chi connectivity index (χ4v) is 4.02. The van der Waals surface area contributed by atoms with Crippen molar-refractivity contribution in [3.05, 3.63) is 83.9 Å². The van der Waals surface area contributed by atoms with Crippen LogP contribution in [0.25, 0.3) is 0 Å². The molecular weight excluding hydrogens is 372 g/mol. The third kappa shape index (κ3) is 3.64. The number of nitrogens with one attached hydrogen (secondary N) is 1. The molecule has 1 N–H and O–H groups in total. The molecule has 1 amide bonds. The highest BCUT2D eigenvalue weighted by Gasteiger charge is 2.19. The van der Waals surface area contributed by atoms with E-state index in [2.05, 4.69) is 28.4 Å². The van der Waals surface area contributed by atoms with Gasteiger partial charge in [0, 0.05) is 35.4 Å². The topological polar surface area (TPSA) is 66.5 Å². The molecule has 4 rings (SSSR count). The maximum absolute atomic E-state index is 12.4. The van der Waals surface area contributed by atoms with Gasteiger partial charge in [-0.3, -0.25) is 4.79 Å². The van der Waals surface area contributed by atoms with Crippen molar-refractivity contribution in [2.24, 2.45) is 0 Å². The van der Waals surface area contributed by atoms with Crippen LogP contribution >= 0.6 is 0 Å². The van der Waals surface area contributed by atoms with Gasteiger partial charge >= 0.3 is 0 Å². The predicted octanol–water partition coefficient (Wildman–Crippen LogP) is 4.04. The van der Waals surface area contributed by atoms with Crippen LogP contribution < -0.4 is 10.2 Å². The standard InChI is InChI=1S/C22H20N2O3S/c1-28(26,27)20-12-6-17(7-13-20)22(25)23-18-8-10-19(11-9-18)24-15-14-16-4-2-3-5-21(16)24/h2-13H,14-15H2,1H3,(H,23,25). The third-order valence-electron chi connectivity index (χ3n) is 4.87. The molecule has 0 aliphatic carbocycles. The van der Waals surface area contributed by atoms with Gasteiger partial charge in [-0.1, -0.05) is 18.2 Å². The van der Waals surface area contributed by atoms with E-state index in [9.17, 15) is 13.2 Å². The Bertz CT molecular complexity index is 1120. The van der Waals surface area contributed by atoms with Crippen molar-refractivity contribution < 1.29 is 13.2 Å². The van der Waals surface area contributed by atoms with Crippen LogP contribution in [0.1, 0.15) is 15.9 Å². The average molecular weight is 392 g/mol. The summed E-state index contributed by atoms with van der Waals surface area (Å²) in [5.41, 5.74) is 4.75. The van der Waals surface area contributed by atoms with E-state index < -0.39 is 9.84 Å². The van der Waals surface area contributed by atoms with Gasteiger partial charge in [-0.2, -0.15) is 0 Å². The molecule has 0 bridgehead atoms. The lowest BCUT2D eigenvalue weighted by Crippen LogP contribution is -2.14. The summed E-state index contributed by atoms with van der Waals surface area (Å²) >= 11 is 0. The van der Waals surface area contributed by atoms with E-state index in [1.165, 1.54) is 35.5 Å². The number of amides is 1. The number of carbonyl (C=O) groups excluding carboxylic acids is 1. The Morgan fingerprint density at radius 3 is 2.29 bits per heavy atom. The van der Waals surface area contributed by atoms with Crippen LogP contribution in [0.3, 0.4) is 0 Å². The van der Waals surface area contributed by atoms with Gasteiger partial charge in [0.2, 0.25) is 0 Å². The zero-order valence-electron chi connectivity index (χ0n) is 15.4. The minimum atomic E-state index is -3.27. The smallest absolute Gasteiger partial charge is 0.255 e. The maximum Gasteiger partial charge on any atom is 0.255 e. The molecular formula is C22H20N2O3S. The maximum atomic E-state index is 12.4. The lowest BCUT2D eigenvalue weighted by atomic mass is 10.2. The van der Waals surface area contributed by atoms with Crippen molar-refractivity contribution in [1.82, 2.24) is 0 Å². The zero-order valence-corrected chi connectivity index (χ0v) is 16.2. The van der Waals surface area contributed by atoms with Crippen molar-refractivity contribution >= 4 is 32.8 Å². The van der Waals surface area contributed by atoms with Crippen molar-refractivity contribution in [1.29, 1.82) is 0 Å². The van der Waals surface area contributed by atoms with Crippen LogP contribution in [0.2, 0.25) is 0 Å². The van der Waals surface area contributed by atoms with Crippen molar-refractivity contribution in [3.8, 4) is 0 Å². The van der Waals surface area contributed by atoms with Crippen LogP contribution in [0.4, 0.5) is 17.1 Å². The van der Waals surface area contributed by atoms with Crippen LogP contribution in [-0.2, 0) is 16.3 Å². The molecule has 0 atom stereocenters. The molecule has 3 aromatic rings. The first kappa shape index (κ1) is 18.3. The highest BCUT2D eigenvalue weighted by atomic mass is 32.2. The third-order valence-corrected chi connectivity index (χ3v) is 6.00. The number of benzene rings is 3.